The van der Waals surface area contributed by atoms with Crippen LogP contribution in [0.2, 0.25) is 0 Å². The number of aromatic amines is 2. The first kappa shape index (κ1) is 41.6. The van der Waals surface area contributed by atoms with Gasteiger partial charge in [-0.1, -0.05) is 36.4 Å². The summed E-state index contributed by atoms with van der Waals surface area (Å²) in [4.78, 5) is 97.8. The molecule has 8 rings (SSSR count). The van der Waals surface area contributed by atoms with E-state index in [1.54, 1.807) is 46.3 Å². The van der Waals surface area contributed by atoms with Crippen molar-refractivity contribution in [2.75, 3.05) is 67.1 Å². The molecule has 1 atom stereocenters. The van der Waals surface area contributed by atoms with Crippen LogP contribution in [0, 0.1) is 0 Å². The third-order valence-electron chi connectivity index (χ3n) is 10.8. The first-order valence-electron chi connectivity index (χ1n) is 19.5. The van der Waals surface area contributed by atoms with Crippen molar-refractivity contribution in [2.24, 2.45) is 0 Å². The van der Waals surface area contributed by atoms with Gasteiger partial charge in [0.05, 0.1) is 49.4 Å². The second-order valence-corrected chi connectivity index (χ2v) is 14.3. The number of H-pyrrole nitrogens is 2. The molecule has 17 nitrogen and oxygen atoms in total. The predicted octanol–water partition coefficient (Wildman–Crippen LogP) is 3.87. The van der Waals surface area contributed by atoms with Crippen molar-refractivity contribution in [1.29, 1.82) is 0 Å². The molecule has 0 aliphatic carbocycles. The van der Waals surface area contributed by atoms with Gasteiger partial charge in [0.2, 0.25) is 5.88 Å². The lowest BCUT2D eigenvalue weighted by atomic mass is 10.1. The fourth-order valence-corrected chi connectivity index (χ4v) is 7.55. The maximum absolute atomic E-state index is 13.0. The topological polar surface area (TPSA) is 200 Å². The van der Waals surface area contributed by atoms with E-state index in [4.69, 9.17) is 14.2 Å². The monoisotopic (exact) mass is 828 g/mol. The number of nitrogens with zero attached hydrogens (tertiary/aromatic N) is 6. The molecule has 4 aromatic heterocycles. The molecule has 2 aliphatic rings. The lowest BCUT2D eigenvalue weighted by molar-refractivity contribution is -0.130. The van der Waals surface area contributed by atoms with Crippen molar-refractivity contribution < 1.29 is 43.0 Å². The van der Waals surface area contributed by atoms with Gasteiger partial charge in [-0.3, -0.25) is 28.8 Å². The zero-order chi connectivity index (χ0) is 43.2. The van der Waals surface area contributed by atoms with Crippen LogP contribution in [0.1, 0.15) is 48.4 Å². The summed E-state index contributed by atoms with van der Waals surface area (Å²) in [7, 11) is 4.44. The Hall–Kier alpha value is -7.56. The number of aromatic nitrogens is 4. The second-order valence-electron chi connectivity index (χ2n) is 14.3. The van der Waals surface area contributed by atoms with E-state index in [-0.39, 0.29) is 42.1 Å². The summed E-state index contributed by atoms with van der Waals surface area (Å²) in [5.41, 5.74) is 2.61. The minimum absolute atomic E-state index is 0.0756. The van der Waals surface area contributed by atoms with Crippen LogP contribution in [-0.2, 0) is 9.59 Å². The zero-order valence-corrected chi connectivity index (χ0v) is 34.0. The fraction of sp³-hybridized carbons (Fsp3) is 0.273. The molecule has 2 saturated heterocycles. The molecule has 6 heterocycles. The summed E-state index contributed by atoms with van der Waals surface area (Å²) >= 11 is 0. The van der Waals surface area contributed by atoms with Crippen LogP contribution in [-0.4, -0.2) is 148 Å². The number of fused-ring (bicyclic) bond motifs is 2. The van der Waals surface area contributed by atoms with Gasteiger partial charge in [-0.15, -0.1) is 0 Å². The molecule has 0 bridgehead atoms. The smallest absolute Gasteiger partial charge is 0.295 e. The molecule has 17 heteroatoms. The number of carbonyl (C=O) groups excluding carboxylic acids is 6. The Morgan fingerprint density at radius 1 is 0.607 bits per heavy atom. The number of amides is 4. The Balaban J connectivity index is 0.000000184. The Labute approximate surface area is 350 Å². The largest absolute Gasteiger partial charge is 0.496 e. The number of pyridine rings is 2. The van der Waals surface area contributed by atoms with E-state index in [9.17, 15) is 28.8 Å². The van der Waals surface area contributed by atoms with Crippen LogP contribution in [0.15, 0.2) is 91.5 Å². The summed E-state index contributed by atoms with van der Waals surface area (Å²) in [6.07, 6.45) is 5.97. The molecule has 2 fully saturated rings. The van der Waals surface area contributed by atoms with Crippen LogP contribution in [0.4, 0.5) is 0 Å². The van der Waals surface area contributed by atoms with Gasteiger partial charge in [-0.2, -0.15) is 0 Å². The molecule has 6 aromatic rings. The van der Waals surface area contributed by atoms with Crippen molar-refractivity contribution in [3.05, 3.63) is 114 Å². The number of hydrogen-bond donors (Lipinski definition) is 2. The average Bonchev–Trinajstić information content (AvgIpc) is 3.97. The third-order valence-corrected chi connectivity index (χ3v) is 10.8. The number of methoxy groups -OCH3 is 3. The van der Waals surface area contributed by atoms with E-state index in [1.807, 2.05) is 43.3 Å². The number of carbonyl (C=O) groups is 6. The van der Waals surface area contributed by atoms with Gasteiger partial charge in [-0.25, -0.2) is 9.97 Å². The summed E-state index contributed by atoms with van der Waals surface area (Å²) in [5, 5.41) is 0.939. The number of ketones is 2. The van der Waals surface area contributed by atoms with E-state index < -0.39 is 23.4 Å². The maximum Gasteiger partial charge on any atom is 0.295 e. The van der Waals surface area contributed by atoms with Crippen LogP contribution in [0.5, 0.6) is 17.4 Å². The summed E-state index contributed by atoms with van der Waals surface area (Å²) in [6, 6.07) is 19.4. The van der Waals surface area contributed by atoms with Crippen LogP contribution >= 0.6 is 0 Å². The Bertz CT molecular complexity index is 2600. The van der Waals surface area contributed by atoms with Crippen molar-refractivity contribution in [1.82, 2.24) is 39.5 Å². The fourth-order valence-electron chi connectivity index (χ4n) is 7.55. The highest BCUT2D eigenvalue weighted by Gasteiger charge is 2.35. The van der Waals surface area contributed by atoms with Gasteiger partial charge in [0.1, 0.15) is 22.7 Å². The van der Waals surface area contributed by atoms with Gasteiger partial charge in [0, 0.05) is 81.6 Å². The van der Waals surface area contributed by atoms with Gasteiger partial charge in [-0.05, 0) is 37.3 Å². The third kappa shape index (κ3) is 8.35. The van der Waals surface area contributed by atoms with E-state index in [0.717, 1.165) is 0 Å². The first-order valence-corrected chi connectivity index (χ1v) is 19.5. The van der Waals surface area contributed by atoms with Crippen molar-refractivity contribution in [3.8, 4) is 17.4 Å². The molecule has 2 N–H and O–H groups in total. The quantitative estimate of drug-likeness (QED) is 0.158. The molecule has 2 aromatic carbocycles. The molecular formula is C44H44N8O9. The van der Waals surface area contributed by atoms with Gasteiger partial charge < -0.3 is 43.8 Å². The van der Waals surface area contributed by atoms with Gasteiger partial charge in [0.25, 0.3) is 35.2 Å². The molecule has 0 radical (unpaired) electrons. The van der Waals surface area contributed by atoms with Crippen molar-refractivity contribution in [3.63, 3.8) is 0 Å². The second kappa shape index (κ2) is 18.1. The van der Waals surface area contributed by atoms with Crippen molar-refractivity contribution in [2.45, 2.75) is 13.0 Å². The zero-order valence-electron chi connectivity index (χ0n) is 34.0. The van der Waals surface area contributed by atoms with Gasteiger partial charge in [0.15, 0.2) is 0 Å². The van der Waals surface area contributed by atoms with E-state index in [1.165, 1.54) is 49.7 Å². The molecule has 314 valence electrons. The van der Waals surface area contributed by atoms with Gasteiger partial charge >= 0.3 is 0 Å². The number of Topliss-reactive ketones (excluding diaryl/α,β-unsaturated/α-hetero) is 2. The van der Waals surface area contributed by atoms with Crippen LogP contribution in [0.3, 0.4) is 0 Å². The molecule has 0 saturated carbocycles. The van der Waals surface area contributed by atoms with E-state index >= 15 is 0 Å². The molecular weight excluding hydrogens is 785 g/mol. The Morgan fingerprint density at radius 2 is 1.16 bits per heavy atom. The lowest BCUT2D eigenvalue weighted by Gasteiger charge is -2.39. The number of hydrogen-bond acceptors (Lipinski definition) is 11. The predicted molar refractivity (Wildman–Crippen MR) is 223 cm³/mol. The number of ether oxygens (including phenoxy) is 3. The van der Waals surface area contributed by atoms with Crippen LogP contribution < -0.4 is 14.2 Å². The molecule has 2 aliphatic heterocycles. The highest BCUT2D eigenvalue weighted by molar-refractivity contribution is 6.45. The van der Waals surface area contributed by atoms with E-state index in [2.05, 4.69) is 19.9 Å². The normalized spacial score (nSPS) is 15.2. The molecule has 4 amide bonds. The highest BCUT2D eigenvalue weighted by atomic mass is 16.5. The first-order chi connectivity index (χ1) is 29.6. The highest BCUT2D eigenvalue weighted by Crippen LogP contribution is 2.34. The standard InChI is InChI=1S/C22H22N4O5.C22H22N4O4/c1-30-16-13-24-20(31-2)18-17(16)15(12-23-18)19(27)22(29)26-10-8-25(9-11-26)21(28)14-6-4-3-5-7-14;1-14-13-25(21(28)15-6-4-3-5-7-15)10-11-26(14)22(29)19(27)16-12-24-20-18(16)17(30-2)8-9-23-20/h3-7,12-13,23H,8-11H2,1-2H3;3-9,12,14H,10-11,13H2,1-2H3,(H,23,24)/t;14-/m.1/s1. The summed E-state index contributed by atoms with van der Waals surface area (Å²) < 4.78 is 15.9. The number of piperazine rings is 2. The summed E-state index contributed by atoms with van der Waals surface area (Å²) in [5.74, 6) is -1.51. The minimum Gasteiger partial charge on any atom is -0.496 e. The molecule has 0 unspecified atom stereocenters. The maximum atomic E-state index is 13.0. The average molecular weight is 829 g/mol. The molecule has 0 spiro atoms. The number of rotatable bonds is 9. The lowest BCUT2D eigenvalue weighted by Crippen LogP contribution is -2.56. The summed E-state index contributed by atoms with van der Waals surface area (Å²) in [6.45, 7) is 4.17. The van der Waals surface area contributed by atoms with Crippen molar-refractivity contribution >= 4 is 57.1 Å². The number of benzene rings is 2. The Morgan fingerprint density at radius 3 is 1.77 bits per heavy atom. The molecule has 61 heavy (non-hydrogen) atoms. The van der Waals surface area contributed by atoms with E-state index in [0.29, 0.717) is 83.2 Å². The SMILES string of the molecule is COc1ccnc2[nH]cc(C(=O)C(=O)N3CCN(C(=O)c4ccccc4)C[C@H]3C)c12.COc1ncc(OC)c2c(C(=O)C(=O)N3CCN(C(=O)c4ccccc4)CC3)c[nH]c12. The van der Waals surface area contributed by atoms with Crippen LogP contribution in [0.25, 0.3) is 21.9 Å². The number of nitrogens with one attached hydrogen (secondary N) is 2. The minimum atomic E-state index is -0.652. The Kier molecular flexibility index (Phi) is 12.4.